The van der Waals surface area contributed by atoms with Gasteiger partial charge in [-0.2, -0.15) is 0 Å². The number of carbonyl (C=O) groups is 3. The molecule has 6 heterocycles. The second kappa shape index (κ2) is 22.4. The van der Waals surface area contributed by atoms with Crippen LogP contribution in [0.4, 0.5) is 34.1 Å². The molecule has 0 spiro atoms. The lowest BCUT2D eigenvalue weighted by Crippen LogP contribution is -2.21. The molecule has 0 saturated carbocycles. The number of allylic oxidation sites excluding steroid dienone is 3. The Hall–Kier alpha value is -5.64. The van der Waals surface area contributed by atoms with Crippen LogP contribution in [0.1, 0.15) is 96.3 Å². The van der Waals surface area contributed by atoms with Crippen LogP contribution in [0, 0.1) is 0 Å². The largest absolute Gasteiger partial charge is 0.494 e. The van der Waals surface area contributed by atoms with Gasteiger partial charge in [0.15, 0.2) is 0 Å². The van der Waals surface area contributed by atoms with Gasteiger partial charge in [-0.3, -0.25) is 14.4 Å². The van der Waals surface area contributed by atoms with Crippen LogP contribution in [0.2, 0.25) is 0 Å². The second-order valence-corrected chi connectivity index (χ2v) is 21.3. The Morgan fingerprint density at radius 2 is 0.754 bits per heavy atom. The molecule has 0 atom stereocenters. The summed E-state index contributed by atoms with van der Waals surface area (Å²) in [7, 11) is 0. The minimum Gasteiger partial charge on any atom is -0.494 e. The molecule has 10 rings (SSSR count). The van der Waals surface area contributed by atoms with Crippen molar-refractivity contribution in [3.8, 4) is 17.2 Å². The number of nitrogens with zero attached hydrogens (tertiary/aromatic N) is 3. The number of thioether (sulfide) groups is 3. The summed E-state index contributed by atoms with van der Waals surface area (Å²) in [6.45, 7) is 4.61. The van der Waals surface area contributed by atoms with Crippen LogP contribution in [0.3, 0.4) is 0 Å². The summed E-state index contributed by atoms with van der Waals surface area (Å²) >= 11 is 5.46. The molecule has 360 valence electrons. The fourth-order valence-corrected chi connectivity index (χ4v) is 12.7. The third-order valence-electron chi connectivity index (χ3n) is 12.8. The molecule has 3 amide bonds. The van der Waals surface area contributed by atoms with Gasteiger partial charge in [0.1, 0.15) is 17.2 Å². The molecule has 0 unspecified atom stereocenters. The van der Waals surface area contributed by atoms with E-state index in [-0.39, 0.29) is 17.7 Å². The van der Waals surface area contributed by atoms with E-state index in [9.17, 15) is 14.4 Å². The Balaban J connectivity index is 0.690. The van der Waals surface area contributed by atoms with E-state index >= 15 is 0 Å². The van der Waals surface area contributed by atoms with E-state index in [1.807, 2.05) is 53.5 Å². The van der Waals surface area contributed by atoms with E-state index < -0.39 is 0 Å². The van der Waals surface area contributed by atoms with E-state index in [0.29, 0.717) is 94.7 Å². The van der Waals surface area contributed by atoms with Crippen molar-refractivity contribution in [1.29, 1.82) is 0 Å². The van der Waals surface area contributed by atoms with E-state index in [1.165, 1.54) is 46.8 Å². The van der Waals surface area contributed by atoms with Crippen molar-refractivity contribution in [3.05, 3.63) is 106 Å². The first-order valence-corrected chi connectivity index (χ1v) is 27.2. The van der Waals surface area contributed by atoms with Crippen molar-refractivity contribution < 1.29 is 28.6 Å². The van der Waals surface area contributed by atoms with Crippen molar-refractivity contribution in [3.63, 3.8) is 0 Å². The number of fused-ring (bicyclic) bond motifs is 9. The molecule has 4 aromatic rings. The van der Waals surface area contributed by atoms with Crippen LogP contribution in [-0.4, -0.2) is 57.2 Å². The summed E-state index contributed by atoms with van der Waals surface area (Å²) in [5, 5.41) is 12.9. The molecule has 3 N–H and O–H groups in total. The van der Waals surface area contributed by atoms with Gasteiger partial charge in [0.25, 0.3) is 0 Å². The molecule has 0 fully saturated rings. The fraction of sp³-hybridized carbons (Fsp3) is 0.389. The quantitative estimate of drug-likeness (QED) is 0.0689. The lowest BCUT2D eigenvalue weighted by Gasteiger charge is -2.23. The van der Waals surface area contributed by atoms with Gasteiger partial charge in [-0.15, -0.1) is 0 Å². The Morgan fingerprint density at radius 3 is 1.07 bits per heavy atom. The first-order chi connectivity index (χ1) is 33.9. The number of ether oxygens (including phenoxy) is 3. The highest BCUT2D eigenvalue weighted by Crippen LogP contribution is 2.51. The highest BCUT2D eigenvalue weighted by atomic mass is 32.2. The number of hydrogen-bond donors (Lipinski definition) is 3. The van der Waals surface area contributed by atoms with Crippen LogP contribution < -0.4 is 44.9 Å². The van der Waals surface area contributed by atoms with Gasteiger partial charge >= 0.3 is 0 Å². The van der Waals surface area contributed by atoms with Crippen LogP contribution >= 0.6 is 35.3 Å². The zero-order valence-corrected chi connectivity index (χ0v) is 41.5. The number of unbranched alkanes of at least 4 members (excludes halogenated alkanes) is 3. The smallest absolute Gasteiger partial charge is 0.224 e. The summed E-state index contributed by atoms with van der Waals surface area (Å²) in [4.78, 5) is 50.6. The van der Waals surface area contributed by atoms with Gasteiger partial charge in [-0.25, -0.2) is 0 Å². The van der Waals surface area contributed by atoms with Gasteiger partial charge in [0.2, 0.25) is 17.7 Å². The lowest BCUT2D eigenvalue weighted by atomic mass is 10.2. The monoisotopic (exact) mass is 984 g/mol. The normalized spacial score (nSPS) is 16.2. The highest BCUT2D eigenvalue weighted by Gasteiger charge is 2.29. The number of amides is 3. The maximum atomic E-state index is 13.2. The molecule has 4 aromatic carbocycles. The van der Waals surface area contributed by atoms with Crippen molar-refractivity contribution in [1.82, 2.24) is 0 Å². The van der Waals surface area contributed by atoms with Crippen molar-refractivity contribution >= 4 is 87.1 Å². The van der Waals surface area contributed by atoms with Gasteiger partial charge in [0, 0.05) is 88.8 Å². The molecule has 12 nitrogen and oxygen atoms in total. The van der Waals surface area contributed by atoms with Crippen LogP contribution in [0.25, 0.3) is 0 Å². The molecule has 0 aliphatic carbocycles. The molecule has 69 heavy (non-hydrogen) atoms. The van der Waals surface area contributed by atoms with E-state index in [4.69, 9.17) is 14.2 Å². The van der Waals surface area contributed by atoms with Crippen molar-refractivity contribution in [2.24, 2.45) is 0 Å². The molecule has 0 saturated heterocycles. The zero-order chi connectivity index (χ0) is 46.9. The Labute approximate surface area is 418 Å². The number of carbonyl (C=O) groups excluding carboxylic acids is 3. The maximum absolute atomic E-state index is 13.2. The first kappa shape index (κ1) is 47.1. The predicted octanol–water partition coefficient (Wildman–Crippen LogP) is 12.9. The zero-order valence-electron chi connectivity index (χ0n) is 39.0. The SMILES string of the molecule is O=C(CCCCOc1ccc2c(c1)N1CCCC=C1S2)Nc1cc(NC(=O)CCCCOc2ccc3c(c2)N2CCCC=C2S3)cc(NC(=O)CCCCOc2ccc3c(c2)N2CCCC=C2S3)c1. The minimum atomic E-state index is -0.153. The molecule has 0 aromatic heterocycles. The number of benzene rings is 4. The van der Waals surface area contributed by atoms with E-state index in [0.717, 1.165) is 75.4 Å². The summed E-state index contributed by atoms with van der Waals surface area (Å²) in [6, 6.07) is 24.0. The molecule has 6 aliphatic heterocycles. The van der Waals surface area contributed by atoms with E-state index in [1.54, 1.807) is 18.2 Å². The van der Waals surface area contributed by atoms with Crippen molar-refractivity contribution in [2.45, 2.75) is 111 Å². The highest BCUT2D eigenvalue weighted by molar-refractivity contribution is 8.04. The first-order valence-electron chi connectivity index (χ1n) is 24.7. The summed E-state index contributed by atoms with van der Waals surface area (Å²) in [6.07, 6.45) is 18.8. The topological polar surface area (TPSA) is 125 Å². The molecule has 0 radical (unpaired) electrons. The predicted molar refractivity (Wildman–Crippen MR) is 281 cm³/mol. The average molecular weight is 985 g/mol. The molecule has 15 heteroatoms. The van der Waals surface area contributed by atoms with Crippen LogP contribution in [-0.2, 0) is 14.4 Å². The number of hydrogen-bond acceptors (Lipinski definition) is 12. The molecular weight excluding hydrogens is 925 g/mol. The second-order valence-electron chi connectivity index (χ2n) is 18.1. The number of rotatable bonds is 21. The van der Waals surface area contributed by atoms with Gasteiger partial charge < -0.3 is 44.9 Å². The molecular formula is C54H60N6O6S3. The fourth-order valence-electron chi connectivity index (χ4n) is 9.33. The lowest BCUT2D eigenvalue weighted by molar-refractivity contribution is -0.117. The minimum absolute atomic E-state index is 0.153. The molecule has 6 aliphatic rings. The molecule has 0 bridgehead atoms. The van der Waals surface area contributed by atoms with Crippen LogP contribution in [0.5, 0.6) is 17.2 Å². The van der Waals surface area contributed by atoms with Crippen LogP contribution in [0.15, 0.2) is 121 Å². The number of nitrogens with one attached hydrogen (secondary N) is 3. The van der Waals surface area contributed by atoms with Gasteiger partial charge in [-0.05, 0) is 132 Å². The Kier molecular flexibility index (Phi) is 15.3. The summed E-state index contributed by atoms with van der Waals surface area (Å²) in [5.41, 5.74) is 5.12. The average Bonchev–Trinajstić information content (AvgIpc) is 4.04. The van der Waals surface area contributed by atoms with Gasteiger partial charge in [0.05, 0.1) is 52.0 Å². The number of anilines is 6. The third-order valence-corrected chi connectivity index (χ3v) is 16.3. The Morgan fingerprint density at radius 1 is 0.435 bits per heavy atom. The van der Waals surface area contributed by atoms with Crippen molar-refractivity contribution in [2.75, 3.05) is 70.1 Å². The standard InChI is InChI=1S/C54H60N6O6S3/c61-49(13-4-10-28-64-40-19-22-46-43(34-40)58-25-7-1-16-52(58)67-46)55-37-31-38(56-50(62)14-5-11-29-65-41-20-23-47-44(35-41)59-26-8-2-17-53(59)68-47)33-39(32-37)57-51(63)15-6-12-30-66-42-21-24-48-45(36-42)60-27-9-3-18-54(60)69-48/h16-24,31-36H,1-15,25-30H2,(H,55,61)(H,56,62)(H,57,63). The van der Waals surface area contributed by atoms with Gasteiger partial charge in [-0.1, -0.05) is 53.5 Å². The maximum Gasteiger partial charge on any atom is 0.224 e. The third kappa shape index (κ3) is 11.9. The Bertz CT molecular complexity index is 2370. The summed E-state index contributed by atoms with van der Waals surface area (Å²) < 4.78 is 18.3. The van der Waals surface area contributed by atoms with E-state index in [2.05, 4.69) is 85.3 Å². The summed E-state index contributed by atoms with van der Waals surface area (Å²) in [5.74, 6) is 2.06.